The van der Waals surface area contributed by atoms with Crippen molar-refractivity contribution in [1.82, 2.24) is 24.9 Å². The summed E-state index contributed by atoms with van der Waals surface area (Å²) in [6.45, 7) is 0. The molecule has 1 fully saturated rings. The molecule has 11 heteroatoms. The smallest absolute Gasteiger partial charge is 0.275 e. The van der Waals surface area contributed by atoms with E-state index in [9.17, 15) is 9.90 Å². The molecular formula is C27H25N5O6. The quantitative estimate of drug-likeness (QED) is 0.305. The zero-order valence-corrected chi connectivity index (χ0v) is 20.9. The SMILES string of the molecule is COc1cccc(OC)c1-n1c(CCC2CC2)nc(O)c(-c2nnc(Cc3noc4ccccc34)o2)c1=O. The van der Waals surface area contributed by atoms with Crippen molar-refractivity contribution < 1.29 is 23.5 Å². The minimum atomic E-state index is -0.576. The molecule has 6 rings (SSSR count). The summed E-state index contributed by atoms with van der Waals surface area (Å²) in [6.07, 6.45) is 3.82. The molecule has 3 heterocycles. The zero-order chi connectivity index (χ0) is 26.2. The van der Waals surface area contributed by atoms with Crippen LogP contribution in [0.4, 0.5) is 0 Å². The lowest BCUT2D eigenvalue weighted by molar-refractivity contribution is 0.388. The topological polar surface area (TPSA) is 139 Å². The van der Waals surface area contributed by atoms with Gasteiger partial charge < -0.3 is 23.5 Å². The molecule has 0 unspecified atom stereocenters. The van der Waals surface area contributed by atoms with Crippen LogP contribution in [0.25, 0.3) is 28.1 Å². The number of hydrogen-bond acceptors (Lipinski definition) is 10. The second-order valence-electron chi connectivity index (χ2n) is 9.16. The molecular weight excluding hydrogens is 490 g/mol. The van der Waals surface area contributed by atoms with Gasteiger partial charge in [-0.3, -0.25) is 9.36 Å². The van der Waals surface area contributed by atoms with Crippen molar-refractivity contribution in [2.75, 3.05) is 14.2 Å². The number of aromatic nitrogens is 5. The lowest BCUT2D eigenvalue weighted by atomic mass is 10.1. The largest absolute Gasteiger partial charge is 0.494 e. The Kier molecular flexibility index (Phi) is 6.02. The van der Waals surface area contributed by atoms with Crippen LogP contribution in [0.2, 0.25) is 0 Å². The minimum Gasteiger partial charge on any atom is -0.494 e. The maximum Gasteiger partial charge on any atom is 0.275 e. The summed E-state index contributed by atoms with van der Waals surface area (Å²) in [5.74, 6) is 1.39. The molecule has 0 atom stereocenters. The maximum absolute atomic E-state index is 14.0. The van der Waals surface area contributed by atoms with E-state index in [0.717, 1.165) is 24.6 Å². The minimum absolute atomic E-state index is 0.154. The van der Waals surface area contributed by atoms with Crippen LogP contribution >= 0.6 is 0 Å². The second kappa shape index (κ2) is 9.66. The van der Waals surface area contributed by atoms with Crippen LogP contribution in [0.1, 0.15) is 36.7 Å². The first kappa shape index (κ1) is 23.7. The summed E-state index contributed by atoms with van der Waals surface area (Å²) >= 11 is 0. The average Bonchev–Trinajstić information content (AvgIpc) is 3.52. The molecule has 1 N–H and O–H groups in total. The number of aromatic hydroxyl groups is 1. The lowest BCUT2D eigenvalue weighted by Crippen LogP contribution is -2.26. The van der Waals surface area contributed by atoms with E-state index in [1.54, 1.807) is 18.2 Å². The molecule has 2 aromatic carbocycles. The van der Waals surface area contributed by atoms with Crippen LogP contribution in [0.15, 0.2) is 56.2 Å². The molecule has 0 radical (unpaired) electrons. The van der Waals surface area contributed by atoms with Gasteiger partial charge in [-0.15, -0.1) is 10.2 Å². The van der Waals surface area contributed by atoms with Gasteiger partial charge in [0.2, 0.25) is 11.8 Å². The number of benzene rings is 2. The Morgan fingerprint density at radius 1 is 1.05 bits per heavy atom. The van der Waals surface area contributed by atoms with Crippen LogP contribution in [0, 0.1) is 5.92 Å². The number of fused-ring (bicyclic) bond motifs is 1. The van der Waals surface area contributed by atoms with E-state index in [0.29, 0.717) is 46.6 Å². The number of hydrogen-bond donors (Lipinski definition) is 1. The first-order chi connectivity index (χ1) is 18.6. The van der Waals surface area contributed by atoms with Gasteiger partial charge in [0.15, 0.2) is 11.1 Å². The van der Waals surface area contributed by atoms with E-state index >= 15 is 0 Å². The van der Waals surface area contributed by atoms with Crippen molar-refractivity contribution in [3.63, 3.8) is 0 Å². The van der Waals surface area contributed by atoms with E-state index in [-0.39, 0.29) is 23.8 Å². The molecule has 1 aliphatic rings. The molecule has 11 nitrogen and oxygen atoms in total. The highest BCUT2D eigenvalue weighted by molar-refractivity contribution is 5.79. The number of rotatable bonds is 9. The molecule has 0 spiro atoms. The lowest BCUT2D eigenvalue weighted by Gasteiger charge is -2.18. The number of aryl methyl sites for hydroxylation is 1. The number of methoxy groups -OCH3 is 2. The van der Waals surface area contributed by atoms with Gasteiger partial charge in [0.25, 0.3) is 11.4 Å². The zero-order valence-electron chi connectivity index (χ0n) is 20.9. The fourth-order valence-electron chi connectivity index (χ4n) is 4.56. The van der Waals surface area contributed by atoms with Gasteiger partial charge in [-0.1, -0.05) is 36.2 Å². The first-order valence-electron chi connectivity index (χ1n) is 12.3. The molecule has 0 aliphatic heterocycles. The average molecular weight is 516 g/mol. The molecule has 1 saturated carbocycles. The summed E-state index contributed by atoms with van der Waals surface area (Å²) < 4.78 is 23.7. The normalized spacial score (nSPS) is 13.2. The van der Waals surface area contributed by atoms with E-state index in [1.807, 2.05) is 24.3 Å². The Morgan fingerprint density at radius 3 is 2.55 bits per heavy atom. The van der Waals surface area contributed by atoms with E-state index in [4.69, 9.17) is 18.4 Å². The van der Waals surface area contributed by atoms with Crippen LogP contribution in [0.3, 0.4) is 0 Å². The highest BCUT2D eigenvalue weighted by atomic mass is 16.5. The summed E-state index contributed by atoms with van der Waals surface area (Å²) in [7, 11) is 3.03. The molecule has 0 amide bonds. The molecule has 38 heavy (non-hydrogen) atoms. The first-order valence-corrected chi connectivity index (χ1v) is 12.3. The van der Waals surface area contributed by atoms with Crippen LogP contribution in [-0.4, -0.2) is 44.2 Å². The highest BCUT2D eigenvalue weighted by Crippen LogP contribution is 2.37. The van der Waals surface area contributed by atoms with Crippen molar-refractivity contribution in [1.29, 1.82) is 0 Å². The Balaban J connectivity index is 1.45. The fraction of sp³-hybridized carbons (Fsp3) is 0.296. The van der Waals surface area contributed by atoms with Crippen molar-refractivity contribution in [3.05, 3.63) is 70.2 Å². The van der Waals surface area contributed by atoms with Gasteiger partial charge in [-0.25, -0.2) is 0 Å². The van der Waals surface area contributed by atoms with E-state index < -0.39 is 11.4 Å². The molecule has 3 aromatic heterocycles. The van der Waals surface area contributed by atoms with Crippen LogP contribution in [-0.2, 0) is 12.8 Å². The Morgan fingerprint density at radius 2 is 1.82 bits per heavy atom. The molecule has 5 aromatic rings. The third-order valence-electron chi connectivity index (χ3n) is 6.68. The predicted octanol–water partition coefficient (Wildman–Crippen LogP) is 4.08. The van der Waals surface area contributed by atoms with Gasteiger partial charge in [-0.2, -0.15) is 4.98 Å². The maximum atomic E-state index is 14.0. The predicted molar refractivity (Wildman–Crippen MR) is 136 cm³/mol. The highest BCUT2D eigenvalue weighted by Gasteiger charge is 2.28. The third-order valence-corrected chi connectivity index (χ3v) is 6.68. The Hall–Kier alpha value is -4.67. The van der Waals surface area contributed by atoms with Crippen molar-refractivity contribution in [2.24, 2.45) is 5.92 Å². The second-order valence-corrected chi connectivity index (χ2v) is 9.16. The van der Waals surface area contributed by atoms with Crippen LogP contribution < -0.4 is 15.0 Å². The molecule has 1 aliphatic carbocycles. The van der Waals surface area contributed by atoms with Crippen molar-refractivity contribution in [3.8, 4) is 34.5 Å². The van der Waals surface area contributed by atoms with Gasteiger partial charge in [-0.05, 0) is 36.6 Å². The molecule has 0 saturated heterocycles. The van der Waals surface area contributed by atoms with Crippen LogP contribution in [0.5, 0.6) is 17.4 Å². The summed E-state index contributed by atoms with van der Waals surface area (Å²) in [4.78, 5) is 18.4. The molecule has 194 valence electrons. The van der Waals surface area contributed by atoms with Gasteiger partial charge in [0, 0.05) is 11.8 Å². The fourth-order valence-corrected chi connectivity index (χ4v) is 4.56. The third kappa shape index (κ3) is 4.25. The van der Waals surface area contributed by atoms with Crippen molar-refractivity contribution >= 4 is 11.0 Å². The summed E-state index contributed by atoms with van der Waals surface area (Å²) in [5.41, 5.74) is 0.852. The van der Waals surface area contributed by atoms with Gasteiger partial charge in [0.1, 0.15) is 28.7 Å². The number of ether oxygens (including phenoxy) is 2. The summed E-state index contributed by atoms with van der Waals surface area (Å²) in [5, 5.41) is 23.9. The summed E-state index contributed by atoms with van der Waals surface area (Å²) in [6, 6.07) is 12.7. The standard InChI is InChI=1S/C27H25N5O6/c1-35-19-8-5-9-20(36-2)24(19)32-21(13-12-15-10-11-15)28-25(33)23(27(32)34)26-30-29-22(37-26)14-17-16-6-3-4-7-18(16)38-31-17/h3-9,15,33H,10-14H2,1-2H3. The number of nitrogens with zero attached hydrogens (tertiary/aromatic N) is 5. The van der Waals surface area contributed by atoms with E-state index in [1.165, 1.54) is 18.8 Å². The monoisotopic (exact) mass is 515 g/mol. The van der Waals surface area contributed by atoms with Gasteiger partial charge >= 0.3 is 0 Å². The van der Waals surface area contributed by atoms with Gasteiger partial charge in [0.05, 0.1) is 20.6 Å². The van der Waals surface area contributed by atoms with Crippen molar-refractivity contribution in [2.45, 2.75) is 32.1 Å². The van der Waals surface area contributed by atoms with E-state index in [2.05, 4.69) is 20.3 Å². The molecule has 0 bridgehead atoms. The number of para-hydroxylation sites is 2. The Labute approximate surface area is 216 Å². The Bertz CT molecular complexity index is 1660.